The molecule has 0 unspecified atom stereocenters. The highest BCUT2D eigenvalue weighted by molar-refractivity contribution is 9.10. The lowest BCUT2D eigenvalue weighted by molar-refractivity contribution is 0.707. The number of anilines is 1. The van der Waals surface area contributed by atoms with E-state index >= 15 is 0 Å². The number of hydrogen-bond donors (Lipinski definition) is 1. The number of nitrogens with zero attached hydrogens (tertiary/aromatic N) is 5. The van der Waals surface area contributed by atoms with Crippen molar-refractivity contribution in [1.29, 1.82) is 0 Å². The van der Waals surface area contributed by atoms with Crippen LogP contribution in [0, 0.1) is 0 Å². The summed E-state index contributed by atoms with van der Waals surface area (Å²) in [6.45, 7) is 3.49. The maximum Gasteiger partial charge on any atom is 0.152 e. The summed E-state index contributed by atoms with van der Waals surface area (Å²) in [5, 5.41) is 11.0. The van der Waals surface area contributed by atoms with Crippen molar-refractivity contribution >= 4 is 21.7 Å². The molecule has 0 aromatic carbocycles. The van der Waals surface area contributed by atoms with Crippen molar-refractivity contribution in [2.24, 2.45) is 0 Å². The van der Waals surface area contributed by atoms with E-state index in [0.29, 0.717) is 6.54 Å². The Labute approximate surface area is 101 Å². The summed E-state index contributed by atoms with van der Waals surface area (Å²) in [6.07, 6.45) is 4.91. The molecule has 0 aliphatic rings. The second kappa shape index (κ2) is 5.02. The number of rotatable bonds is 4. The fourth-order valence-electron chi connectivity index (χ4n) is 1.29. The molecule has 84 valence electrons. The Balaban J connectivity index is 2.05. The molecule has 2 aromatic rings. The van der Waals surface area contributed by atoms with Crippen molar-refractivity contribution in [3.8, 4) is 0 Å². The van der Waals surface area contributed by atoms with E-state index in [0.717, 1.165) is 22.7 Å². The van der Waals surface area contributed by atoms with E-state index in [1.165, 1.54) is 6.33 Å². The smallest absolute Gasteiger partial charge is 0.152 e. The van der Waals surface area contributed by atoms with E-state index in [2.05, 4.69) is 41.4 Å². The van der Waals surface area contributed by atoms with Gasteiger partial charge in [0.2, 0.25) is 0 Å². The van der Waals surface area contributed by atoms with Crippen LogP contribution >= 0.6 is 15.9 Å². The molecule has 0 radical (unpaired) electrons. The molecule has 0 atom stereocenters. The van der Waals surface area contributed by atoms with Gasteiger partial charge in [0.15, 0.2) is 5.82 Å². The van der Waals surface area contributed by atoms with Crippen LogP contribution in [0.3, 0.4) is 0 Å². The minimum absolute atomic E-state index is 0.587. The van der Waals surface area contributed by atoms with Crippen molar-refractivity contribution in [3.05, 3.63) is 29.1 Å². The predicted molar refractivity (Wildman–Crippen MR) is 62.8 cm³/mol. The van der Waals surface area contributed by atoms with Gasteiger partial charge in [-0.05, 0) is 22.9 Å². The Morgan fingerprint density at radius 1 is 1.50 bits per heavy atom. The summed E-state index contributed by atoms with van der Waals surface area (Å²) >= 11 is 3.37. The first-order chi connectivity index (χ1) is 7.81. The van der Waals surface area contributed by atoms with Gasteiger partial charge in [0, 0.05) is 12.7 Å². The highest BCUT2D eigenvalue weighted by atomic mass is 79.9. The summed E-state index contributed by atoms with van der Waals surface area (Å²) in [6, 6.07) is 0. The Hall–Kier alpha value is -1.50. The number of aryl methyl sites for hydroxylation is 1. The predicted octanol–water partition coefficient (Wildman–Crippen LogP) is 1.46. The molecular weight excluding hydrogens is 272 g/mol. The third-order valence-electron chi connectivity index (χ3n) is 2.12. The molecule has 1 N–H and O–H groups in total. The molecule has 0 aliphatic heterocycles. The third kappa shape index (κ3) is 2.35. The normalized spacial score (nSPS) is 10.4. The lowest BCUT2D eigenvalue weighted by atomic mass is 10.5. The fourth-order valence-corrected chi connectivity index (χ4v) is 1.65. The van der Waals surface area contributed by atoms with Crippen LogP contribution in [0.4, 0.5) is 5.82 Å². The van der Waals surface area contributed by atoms with Crippen LogP contribution in [-0.2, 0) is 13.1 Å². The van der Waals surface area contributed by atoms with Crippen molar-refractivity contribution in [2.45, 2.75) is 20.0 Å². The number of halogens is 1. The molecule has 0 fully saturated rings. The molecule has 0 aliphatic carbocycles. The van der Waals surface area contributed by atoms with Gasteiger partial charge >= 0.3 is 0 Å². The van der Waals surface area contributed by atoms with Crippen LogP contribution in [-0.4, -0.2) is 24.7 Å². The second-order valence-electron chi connectivity index (χ2n) is 3.11. The van der Waals surface area contributed by atoms with Gasteiger partial charge in [0.05, 0.1) is 11.0 Å². The van der Waals surface area contributed by atoms with Gasteiger partial charge in [0.25, 0.3) is 0 Å². The summed E-state index contributed by atoms with van der Waals surface area (Å²) in [5.74, 6) is 1.63. The molecule has 2 heterocycles. The minimum atomic E-state index is 0.587. The van der Waals surface area contributed by atoms with Crippen LogP contribution in [0.5, 0.6) is 0 Å². The highest BCUT2D eigenvalue weighted by Gasteiger charge is 2.04. The van der Waals surface area contributed by atoms with Gasteiger partial charge in [-0.3, -0.25) is 0 Å². The molecule has 16 heavy (non-hydrogen) atoms. The van der Waals surface area contributed by atoms with Gasteiger partial charge in [0.1, 0.15) is 18.5 Å². The van der Waals surface area contributed by atoms with E-state index in [1.807, 2.05) is 11.5 Å². The molecule has 2 rings (SSSR count). The number of nitrogens with one attached hydrogen (secondary N) is 1. The summed E-state index contributed by atoms with van der Waals surface area (Å²) < 4.78 is 2.81. The Kier molecular flexibility index (Phi) is 3.45. The van der Waals surface area contributed by atoms with E-state index in [1.54, 1.807) is 12.5 Å². The van der Waals surface area contributed by atoms with Crippen LogP contribution < -0.4 is 5.32 Å². The monoisotopic (exact) mass is 282 g/mol. The lowest BCUT2D eigenvalue weighted by Crippen LogP contribution is -2.08. The van der Waals surface area contributed by atoms with Crippen molar-refractivity contribution in [2.75, 3.05) is 5.32 Å². The summed E-state index contributed by atoms with van der Waals surface area (Å²) in [4.78, 5) is 8.00. The zero-order valence-electron chi connectivity index (χ0n) is 8.76. The average Bonchev–Trinajstić information content (AvgIpc) is 2.75. The van der Waals surface area contributed by atoms with Crippen molar-refractivity contribution < 1.29 is 0 Å². The Morgan fingerprint density at radius 3 is 3.12 bits per heavy atom. The van der Waals surface area contributed by atoms with Crippen molar-refractivity contribution in [3.63, 3.8) is 0 Å². The quantitative estimate of drug-likeness (QED) is 0.920. The van der Waals surface area contributed by atoms with Gasteiger partial charge < -0.3 is 9.88 Å². The maximum absolute atomic E-state index is 4.11. The Bertz CT molecular complexity index is 469. The average molecular weight is 283 g/mol. The molecule has 0 saturated heterocycles. The lowest BCUT2D eigenvalue weighted by Gasteiger charge is -2.06. The SMILES string of the molecule is CCn1cnnc1CNc1ncncc1Br. The minimum Gasteiger partial charge on any atom is -0.362 e. The first kappa shape index (κ1) is 11.0. The molecule has 7 heteroatoms. The molecular formula is C9H11BrN6. The second-order valence-corrected chi connectivity index (χ2v) is 3.96. The molecule has 0 spiro atoms. The van der Waals surface area contributed by atoms with Crippen molar-refractivity contribution in [1.82, 2.24) is 24.7 Å². The van der Waals surface area contributed by atoms with Gasteiger partial charge in [-0.25, -0.2) is 9.97 Å². The molecule has 6 nitrogen and oxygen atoms in total. The zero-order valence-corrected chi connectivity index (χ0v) is 10.3. The third-order valence-corrected chi connectivity index (χ3v) is 2.70. The topological polar surface area (TPSA) is 68.5 Å². The summed E-state index contributed by atoms with van der Waals surface area (Å²) in [5.41, 5.74) is 0. The molecule has 0 saturated carbocycles. The van der Waals surface area contributed by atoms with Gasteiger partial charge in [-0.15, -0.1) is 10.2 Å². The van der Waals surface area contributed by atoms with Crippen LogP contribution in [0.1, 0.15) is 12.7 Å². The largest absolute Gasteiger partial charge is 0.362 e. The van der Waals surface area contributed by atoms with Crippen LogP contribution in [0.25, 0.3) is 0 Å². The fraction of sp³-hybridized carbons (Fsp3) is 0.333. The van der Waals surface area contributed by atoms with Gasteiger partial charge in [-0.1, -0.05) is 0 Å². The number of aromatic nitrogens is 5. The van der Waals surface area contributed by atoms with E-state index in [-0.39, 0.29) is 0 Å². The van der Waals surface area contributed by atoms with Gasteiger partial charge in [-0.2, -0.15) is 0 Å². The van der Waals surface area contributed by atoms with Crippen LogP contribution in [0.2, 0.25) is 0 Å². The first-order valence-corrected chi connectivity index (χ1v) is 5.66. The van der Waals surface area contributed by atoms with Crippen LogP contribution in [0.15, 0.2) is 23.3 Å². The zero-order chi connectivity index (χ0) is 11.4. The number of hydrogen-bond acceptors (Lipinski definition) is 5. The Morgan fingerprint density at radius 2 is 2.38 bits per heavy atom. The van der Waals surface area contributed by atoms with E-state index in [4.69, 9.17) is 0 Å². The molecule has 0 bridgehead atoms. The van der Waals surface area contributed by atoms with E-state index in [9.17, 15) is 0 Å². The summed E-state index contributed by atoms with van der Waals surface area (Å²) in [7, 11) is 0. The molecule has 2 aromatic heterocycles. The molecule has 0 amide bonds. The maximum atomic E-state index is 4.11. The highest BCUT2D eigenvalue weighted by Crippen LogP contribution is 2.17. The van der Waals surface area contributed by atoms with E-state index < -0.39 is 0 Å². The standard InChI is InChI=1S/C9H11BrN6/c1-2-16-6-14-15-8(16)4-12-9-7(10)3-11-5-13-9/h3,5-6H,2,4H2,1H3,(H,11,12,13). The first-order valence-electron chi connectivity index (χ1n) is 4.87.